The van der Waals surface area contributed by atoms with Crippen molar-refractivity contribution in [1.29, 1.82) is 0 Å². The molecule has 0 unspecified atom stereocenters. The molecule has 1 aliphatic rings. The fourth-order valence-corrected chi connectivity index (χ4v) is 5.26. The number of para-hydroxylation sites is 4. The number of benzene rings is 4. The number of hydrogen-bond acceptors (Lipinski definition) is 5. The summed E-state index contributed by atoms with van der Waals surface area (Å²) in [6.45, 7) is 0. The van der Waals surface area contributed by atoms with Gasteiger partial charge >= 0.3 is 0 Å². The minimum atomic E-state index is 0.729. The number of furan rings is 2. The maximum Gasteiger partial charge on any atom is 0.205 e. The molecule has 0 amide bonds. The van der Waals surface area contributed by atoms with Gasteiger partial charge in [-0.05, 0) is 104 Å². The van der Waals surface area contributed by atoms with Crippen molar-refractivity contribution in [3.05, 3.63) is 193 Å². The van der Waals surface area contributed by atoms with Gasteiger partial charge in [0.25, 0.3) is 0 Å². The first-order valence-electron chi connectivity index (χ1n) is 15.2. The van der Waals surface area contributed by atoms with Crippen LogP contribution in [0.3, 0.4) is 0 Å². The highest BCUT2D eigenvalue weighted by Gasteiger charge is 2.17. The van der Waals surface area contributed by atoms with E-state index in [-0.39, 0.29) is 0 Å². The molecule has 4 aromatic carbocycles. The summed E-state index contributed by atoms with van der Waals surface area (Å²) in [5.74, 6) is 4.43. The lowest BCUT2D eigenvalue weighted by Crippen LogP contribution is -2.08. The van der Waals surface area contributed by atoms with Crippen molar-refractivity contribution in [2.75, 3.05) is 9.80 Å². The van der Waals surface area contributed by atoms with Crippen LogP contribution >= 0.6 is 0 Å². The first-order valence-corrected chi connectivity index (χ1v) is 15.2. The van der Waals surface area contributed by atoms with Crippen LogP contribution < -0.4 is 9.80 Å². The van der Waals surface area contributed by atoms with Crippen molar-refractivity contribution in [3.8, 4) is 0 Å². The minimum Gasteiger partial charge on any atom is -0.458 e. The fourth-order valence-electron chi connectivity index (χ4n) is 5.26. The van der Waals surface area contributed by atoms with Crippen LogP contribution in [0.2, 0.25) is 0 Å². The van der Waals surface area contributed by atoms with E-state index in [4.69, 9.17) is 13.6 Å². The van der Waals surface area contributed by atoms with Crippen molar-refractivity contribution >= 4 is 46.7 Å². The molecule has 0 spiro atoms. The second kappa shape index (κ2) is 13.6. The highest BCUT2D eigenvalue weighted by molar-refractivity contribution is 5.75. The zero-order valence-electron chi connectivity index (χ0n) is 25.1. The molecule has 0 N–H and O–H groups in total. The molecule has 224 valence electrons. The van der Waals surface area contributed by atoms with Crippen LogP contribution in [0, 0.1) is 0 Å². The summed E-state index contributed by atoms with van der Waals surface area (Å²) in [7, 11) is 0. The average Bonchev–Trinajstić information content (AvgIpc) is 3.79. The van der Waals surface area contributed by atoms with E-state index in [1.54, 1.807) is 0 Å². The topological polar surface area (TPSA) is 42.0 Å². The molecule has 0 fully saturated rings. The maximum atomic E-state index is 6.27. The fraction of sp³-hybridized carbons (Fsp3) is 0.0244. The van der Waals surface area contributed by atoms with Gasteiger partial charge in [-0.15, -0.1) is 0 Å². The van der Waals surface area contributed by atoms with Crippen LogP contribution in [-0.4, -0.2) is 0 Å². The van der Waals surface area contributed by atoms with Crippen LogP contribution in [0.15, 0.2) is 190 Å². The Morgan fingerprint density at radius 3 is 1.09 bits per heavy atom. The van der Waals surface area contributed by atoms with Crippen molar-refractivity contribution in [1.82, 2.24) is 0 Å². The molecular formula is C41H32N2O3. The van der Waals surface area contributed by atoms with Gasteiger partial charge < -0.3 is 13.6 Å². The van der Waals surface area contributed by atoms with Gasteiger partial charge in [0.2, 0.25) is 11.8 Å². The number of allylic oxidation sites excluding steroid dienone is 4. The SMILES string of the molecule is C1=C(/C=C/c2ccc(N(c3ccccc3)c3ccccc3)o2)OC(/C=C/c2ccc(N(c3ccccc3)c3ccccc3)o2)=CC1. The van der Waals surface area contributed by atoms with E-state index in [1.165, 1.54) is 0 Å². The van der Waals surface area contributed by atoms with E-state index >= 15 is 0 Å². The number of hydrogen-bond donors (Lipinski definition) is 0. The summed E-state index contributed by atoms with van der Waals surface area (Å²) < 4.78 is 18.7. The summed E-state index contributed by atoms with van der Waals surface area (Å²) in [5, 5.41) is 0. The van der Waals surface area contributed by atoms with Crippen molar-refractivity contribution < 1.29 is 13.6 Å². The number of nitrogens with zero attached hydrogens (tertiary/aromatic N) is 2. The monoisotopic (exact) mass is 600 g/mol. The second-order valence-corrected chi connectivity index (χ2v) is 10.6. The molecule has 5 nitrogen and oxygen atoms in total. The van der Waals surface area contributed by atoms with Crippen molar-refractivity contribution in [3.63, 3.8) is 0 Å². The van der Waals surface area contributed by atoms with Gasteiger partial charge in [-0.25, -0.2) is 0 Å². The molecule has 1 aliphatic heterocycles. The van der Waals surface area contributed by atoms with E-state index in [0.29, 0.717) is 0 Å². The molecule has 5 heteroatoms. The zero-order valence-corrected chi connectivity index (χ0v) is 25.1. The lowest BCUT2D eigenvalue weighted by atomic mass is 10.2. The van der Waals surface area contributed by atoms with Crippen molar-refractivity contribution in [2.24, 2.45) is 0 Å². The van der Waals surface area contributed by atoms with E-state index < -0.39 is 0 Å². The van der Waals surface area contributed by atoms with E-state index in [1.807, 2.05) is 134 Å². The molecule has 0 saturated heterocycles. The lowest BCUT2D eigenvalue weighted by Gasteiger charge is -2.22. The predicted octanol–water partition coefficient (Wildman–Crippen LogP) is 11.7. The first kappa shape index (κ1) is 28.6. The van der Waals surface area contributed by atoms with Gasteiger partial charge in [-0.3, -0.25) is 9.80 Å². The van der Waals surface area contributed by atoms with Crippen LogP contribution in [0.5, 0.6) is 0 Å². The van der Waals surface area contributed by atoms with Gasteiger partial charge in [0.15, 0.2) is 0 Å². The molecule has 6 aromatic rings. The van der Waals surface area contributed by atoms with Crippen LogP contribution in [0.25, 0.3) is 12.2 Å². The smallest absolute Gasteiger partial charge is 0.205 e. The standard InChI is InChI=1S/C41H32N2O3/c1-5-14-32(15-6-1)42(33-16-7-2-8-17-33)40-30-28-38(45-40)26-24-36-22-13-23-37(44-36)25-27-39-29-31-41(46-39)43(34-18-9-3-10-19-34)35-20-11-4-12-21-35/h1-12,14-31H,13H2/b26-24+,27-25+. The third kappa shape index (κ3) is 6.64. The molecule has 46 heavy (non-hydrogen) atoms. The molecule has 0 radical (unpaired) electrons. The molecular weight excluding hydrogens is 568 g/mol. The lowest BCUT2D eigenvalue weighted by molar-refractivity contribution is 0.327. The molecule has 0 saturated carbocycles. The molecule has 2 aromatic heterocycles. The van der Waals surface area contributed by atoms with Crippen LogP contribution in [-0.2, 0) is 4.74 Å². The van der Waals surface area contributed by atoms with Gasteiger partial charge in [-0.2, -0.15) is 0 Å². The van der Waals surface area contributed by atoms with Gasteiger partial charge in [-0.1, -0.05) is 72.8 Å². The Bertz CT molecular complexity index is 1760. The molecule has 7 rings (SSSR count). The highest BCUT2D eigenvalue weighted by Crippen LogP contribution is 2.37. The Kier molecular flexibility index (Phi) is 8.46. The second-order valence-electron chi connectivity index (χ2n) is 10.6. The maximum absolute atomic E-state index is 6.27. The largest absolute Gasteiger partial charge is 0.458 e. The van der Waals surface area contributed by atoms with Gasteiger partial charge in [0, 0.05) is 34.9 Å². The summed E-state index contributed by atoms with van der Waals surface area (Å²) in [5.41, 5.74) is 4.09. The van der Waals surface area contributed by atoms with Crippen LogP contribution in [0.4, 0.5) is 34.5 Å². The molecule has 3 heterocycles. The normalized spacial score (nSPS) is 13.0. The van der Waals surface area contributed by atoms with E-state index in [0.717, 1.165) is 64.0 Å². The predicted molar refractivity (Wildman–Crippen MR) is 187 cm³/mol. The Morgan fingerprint density at radius 2 is 0.739 bits per heavy atom. The number of rotatable bonds is 10. The Morgan fingerprint density at radius 1 is 0.391 bits per heavy atom. The van der Waals surface area contributed by atoms with E-state index in [9.17, 15) is 0 Å². The van der Waals surface area contributed by atoms with Crippen LogP contribution in [0.1, 0.15) is 17.9 Å². The van der Waals surface area contributed by atoms with Gasteiger partial charge in [0.1, 0.15) is 23.0 Å². The number of ether oxygens (including phenoxy) is 1. The Labute approximate surface area is 268 Å². The molecule has 0 bridgehead atoms. The van der Waals surface area contributed by atoms with E-state index in [2.05, 4.69) is 58.3 Å². The summed E-state index contributed by atoms with van der Waals surface area (Å²) in [6.07, 6.45) is 12.6. The quantitative estimate of drug-likeness (QED) is 0.156. The van der Waals surface area contributed by atoms with Crippen molar-refractivity contribution in [2.45, 2.75) is 6.42 Å². The Hall–Kier alpha value is -6.20. The summed E-state index contributed by atoms with van der Waals surface area (Å²) in [6, 6.07) is 48.7. The summed E-state index contributed by atoms with van der Waals surface area (Å²) >= 11 is 0. The minimum absolute atomic E-state index is 0.729. The zero-order chi connectivity index (χ0) is 31.0. The average molecular weight is 601 g/mol. The molecule has 0 aliphatic carbocycles. The number of anilines is 6. The first-order chi connectivity index (χ1) is 22.8. The Balaban J connectivity index is 1.03. The highest BCUT2D eigenvalue weighted by atomic mass is 16.5. The third-order valence-corrected chi connectivity index (χ3v) is 7.42. The van der Waals surface area contributed by atoms with Gasteiger partial charge in [0.05, 0.1) is 0 Å². The summed E-state index contributed by atoms with van der Waals surface area (Å²) in [4.78, 5) is 4.19. The third-order valence-electron chi connectivity index (χ3n) is 7.42. The molecule has 0 atom stereocenters.